The largest absolute Gasteiger partial charge is 0.348 e. The average molecular weight is 235 g/mol. The number of rotatable bonds is 2. The lowest BCUT2D eigenvalue weighted by Gasteiger charge is -2.11. The van der Waals surface area contributed by atoms with Gasteiger partial charge in [0, 0.05) is 24.5 Å². The molecule has 1 saturated heterocycles. The van der Waals surface area contributed by atoms with Crippen molar-refractivity contribution in [1.82, 2.24) is 15.6 Å². The van der Waals surface area contributed by atoms with Crippen LogP contribution >= 0.6 is 0 Å². The molecular weight excluding hydrogens is 214 g/mol. The van der Waals surface area contributed by atoms with Crippen molar-refractivity contribution in [1.29, 1.82) is 0 Å². The molecule has 94 valence electrons. The van der Waals surface area contributed by atoms with Gasteiger partial charge in [0.05, 0.1) is 5.56 Å². The van der Waals surface area contributed by atoms with Crippen LogP contribution in [0.1, 0.15) is 36.3 Å². The highest BCUT2D eigenvalue weighted by Crippen LogP contribution is 2.05. The third-order valence-electron chi connectivity index (χ3n) is 2.65. The SMILES string of the molecule is CC.Cc1ncccc1C(=O)NC1CCNC1. The van der Waals surface area contributed by atoms with Crippen molar-refractivity contribution in [3.8, 4) is 0 Å². The highest BCUT2D eigenvalue weighted by atomic mass is 16.1. The van der Waals surface area contributed by atoms with Crippen molar-refractivity contribution >= 4 is 5.91 Å². The summed E-state index contributed by atoms with van der Waals surface area (Å²) in [6.07, 6.45) is 2.70. The van der Waals surface area contributed by atoms with Gasteiger partial charge in [0.25, 0.3) is 5.91 Å². The lowest BCUT2D eigenvalue weighted by atomic mass is 10.1. The Balaban J connectivity index is 0.000000686. The number of carbonyl (C=O) groups excluding carboxylic acids is 1. The smallest absolute Gasteiger partial charge is 0.253 e. The molecule has 0 bridgehead atoms. The molecule has 2 N–H and O–H groups in total. The zero-order chi connectivity index (χ0) is 12.7. The predicted octanol–water partition coefficient (Wildman–Crippen LogP) is 1.51. The third kappa shape index (κ3) is 3.82. The number of amides is 1. The topological polar surface area (TPSA) is 54.0 Å². The van der Waals surface area contributed by atoms with Crippen LogP contribution in [0, 0.1) is 6.92 Å². The Labute approximate surface area is 103 Å². The molecule has 1 aliphatic rings. The Kier molecular flexibility index (Phi) is 5.63. The highest BCUT2D eigenvalue weighted by molar-refractivity contribution is 5.95. The number of carbonyl (C=O) groups is 1. The van der Waals surface area contributed by atoms with Crippen LogP contribution in [0.4, 0.5) is 0 Å². The van der Waals surface area contributed by atoms with E-state index >= 15 is 0 Å². The number of nitrogens with zero attached hydrogens (tertiary/aromatic N) is 1. The maximum Gasteiger partial charge on any atom is 0.253 e. The van der Waals surface area contributed by atoms with Gasteiger partial charge in [-0.1, -0.05) is 13.8 Å². The minimum Gasteiger partial charge on any atom is -0.348 e. The van der Waals surface area contributed by atoms with Crippen LogP contribution < -0.4 is 10.6 Å². The molecular formula is C13H21N3O. The van der Waals surface area contributed by atoms with E-state index in [0.717, 1.165) is 25.2 Å². The van der Waals surface area contributed by atoms with E-state index in [0.29, 0.717) is 5.56 Å². The summed E-state index contributed by atoms with van der Waals surface area (Å²) in [6, 6.07) is 3.85. The maximum absolute atomic E-state index is 11.8. The summed E-state index contributed by atoms with van der Waals surface area (Å²) in [5.41, 5.74) is 1.45. The van der Waals surface area contributed by atoms with Crippen LogP contribution in [-0.4, -0.2) is 30.0 Å². The van der Waals surface area contributed by atoms with Crippen LogP contribution in [0.3, 0.4) is 0 Å². The van der Waals surface area contributed by atoms with Crippen LogP contribution in [0.25, 0.3) is 0 Å². The van der Waals surface area contributed by atoms with E-state index < -0.39 is 0 Å². The Morgan fingerprint density at radius 3 is 2.88 bits per heavy atom. The van der Waals surface area contributed by atoms with Crippen LogP contribution in [0.15, 0.2) is 18.3 Å². The zero-order valence-electron chi connectivity index (χ0n) is 10.8. The van der Waals surface area contributed by atoms with Gasteiger partial charge in [-0.05, 0) is 32.0 Å². The summed E-state index contributed by atoms with van der Waals surface area (Å²) in [7, 11) is 0. The van der Waals surface area contributed by atoms with Gasteiger partial charge < -0.3 is 10.6 Å². The molecule has 17 heavy (non-hydrogen) atoms. The van der Waals surface area contributed by atoms with Crippen molar-refractivity contribution in [2.75, 3.05) is 13.1 Å². The second-order valence-corrected chi connectivity index (χ2v) is 3.80. The summed E-state index contributed by atoms with van der Waals surface area (Å²) < 4.78 is 0. The normalized spacial score (nSPS) is 18.2. The fraction of sp³-hybridized carbons (Fsp3) is 0.538. The first-order chi connectivity index (χ1) is 8.27. The number of pyridine rings is 1. The number of nitrogens with one attached hydrogen (secondary N) is 2. The third-order valence-corrected chi connectivity index (χ3v) is 2.65. The second kappa shape index (κ2) is 7.01. The van der Waals surface area contributed by atoms with Gasteiger partial charge >= 0.3 is 0 Å². The van der Waals surface area contributed by atoms with Crippen molar-refractivity contribution in [3.05, 3.63) is 29.6 Å². The minimum atomic E-state index is -0.0192. The van der Waals surface area contributed by atoms with Gasteiger partial charge in [0.1, 0.15) is 0 Å². The van der Waals surface area contributed by atoms with Gasteiger partial charge in [-0.15, -0.1) is 0 Å². The molecule has 1 amide bonds. The molecule has 0 radical (unpaired) electrons. The molecule has 0 spiro atoms. The molecule has 1 atom stereocenters. The van der Waals surface area contributed by atoms with E-state index in [1.54, 1.807) is 18.3 Å². The predicted molar refractivity (Wildman–Crippen MR) is 69.1 cm³/mol. The molecule has 4 heteroatoms. The Bertz CT molecular complexity index is 359. The van der Waals surface area contributed by atoms with Crippen LogP contribution in [0.2, 0.25) is 0 Å². The standard InChI is InChI=1S/C11H15N3O.C2H6/c1-8-10(3-2-5-13-8)11(15)14-9-4-6-12-7-9;1-2/h2-3,5,9,12H,4,6-7H2,1H3,(H,14,15);1-2H3. The van der Waals surface area contributed by atoms with E-state index in [1.165, 1.54) is 0 Å². The summed E-state index contributed by atoms with van der Waals surface area (Å²) in [5.74, 6) is -0.0192. The number of hydrogen-bond donors (Lipinski definition) is 2. The van der Waals surface area contributed by atoms with E-state index in [-0.39, 0.29) is 11.9 Å². The molecule has 0 aliphatic carbocycles. The highest BCUT2D eigenvalue weighted by Gasteiger charge is 2.18. The van der Waals surface area contributed by atoms with E-state index in [4.69, 9.17) is 0 Å². The zero-order valence-corrected chi connectivity index (χ0v) is 10.8. The average Bonchev–Trinajstić information content (AvgIpc) is 2.85. The maximum atomic E-state index is 11.8. The summed E-state index contributed by atoms with van der Waals surface area (Å²) in [4.78, 5) is 15.9. The van der Waals surface area contributed by atoms with Crippen molar-refractivity contribution < 1.29 is 4.79 Å². The molecule has 1 aromatic rings. The van der Waals surface area contributed by atoms with Gasteiger partial charge in [0.2, 0.25) is 0 Å². The number of aryl methyl sites for hydroxylation is 1. The van der Waals surface area contributed by atoms with Crippen LogP contribution in [0.5, 0.6) is 0 Å². The fourth-order valence-electron chi connectivity index (χ4n) is 1.77. The van der Waals surface area contributed by atoms with E-state index in [2.05, 4.69) is 15.6 Å². The summed E-state index contributed by atoms with van der Waals surface area (Å²) in [6.45, 7) is 7.70. The first-order valence-corrected chi connectivity index (χ1v) is 6.20. The summed E-state index contributed by atoms with van der Waals surface area (Å²) >= 11 is 0. The van der Waals surface area contributed by atoms with Gasteiger partial charge in [-0.25, -0.2) is 0 Å². The second-order valence-electron chi connectivity index (χ2n) is 3.80. The quantitative estimate of drug-likeness (QED) is 0.817. The van der Waals surface area contributed by atoms with Crippen LogP contribution in [-0.2, 0) is 0 Å². The molecule has 2 rings (SSSR count). The van der Waals surface area contributed by atoms with Gasteiger partial charge in [-0.3, -0.25) is 9.78 Å². The first-order valence-electron chi connectivity index (χ1n) is 6.20. The molecule has 1 aromatic heterocycles. The molecule has 0 aromatic carbocycles. The Morgan fingerprint density at radius 2 is 2.29 bits per heavy atom. The first kappa shape index (κ1) is 13.6. The monoisotopic (exact) mass is 235 g/mol. The van der Waals surface area contributed by atoms with Crippen molar-refractivity contribution in [3.63, 3.8) is 0 Å². The van der Waals surface area contributed by atoms with Crippen molar-refractivity contribution in [2.24, 2.45) is 0 Å². The molecule has 1 aliphatic heterocycles. The molecule has 2 heterocycles. The van der Waals surface area contributed by atoms with E-state index in [9.17, 15) is 4.79 Å². The fourth-order valence-corrected chi connectivity index (χ4v) is 1.77. The molecule has 1 fully saturated rings. The summed E-state index contributed by atoms with van der Waals surface area (Å²) in [5, 5.41) is 6.21. The Morgan fingerprint density at radius 1 is 1.53 bits per heavy atom. The minimum absolute atomic E-state index is 0.0192. The molecule has 4 nitrogen and oxygen atoms in total. The lowest BCUT2D eigenvalue weighted by Crippen LogP contribution is -2.36. The number of hydrogen-bond acceptors (Lipinski definition) is 3. The lowest BCUT2D eigenvalue weighted by molar-refractivity contribution is 0.0939. The van der Waals surface area contributed by atoms with Gasteiger partial charge in [0.15, 0.2) is 0 Å². The molecule has 1 unspecified atom stereocenters. The number of aromatic nitrogens is 1. The molecule has 0 saturated carbocycles. The van der Waals surface area contributed by atoms with E-state index in [1.807, 2.05) is 20.8 Å². The van der Waals surface area contributed by atoms with Gasteiger partial charge in [-0.2, -0.15) is 0 Å². The Hall–Kier alpha value is -1.42. The van der Waals surface area contributed by atoms with Crippen molar-refractivity contribution in [2.45, 2.75) is 33.2 Å².